The summed E-state index contributed by atoms with van der Waals surface area (Å²) >= 11 is 0. The van der Waals surface area contributed by atoms with Gasteiger partial charge in [0.1, 0.15) is 11.5 Å². The lowest BCUT2D eigenvalue weighted by Crippen LogP contribution is -2.21. The smallest absolute Gasteiger partial charge is 0.360 e. The fourth-order valence-corrected chi connectivity index (χ4v) is 2.72. The molecule has 7 heteroatoms. The van der Waals surface area contributed by atoms with Crippen LogP contribution < -0.4 is 10.1 Å². The number of aromatic nitrogens is 1. The van der Waals surface area contributed by atoms with E-state index in [1.807, 2.05) is 30.3 Å². The highest BCUT2D eigenvalue weighted by Gasteiger charge is 2.20. The molecule has 0 bridgehead atoms. The first-order chi connectivity index (χ1) is 13.5. The number of carbonyl (C=O) groups excluding carboxylic acids is 2. The van der Waals surface area contributed by atoms with Crippen molar-refractivity contribution in [3.63, 3.8) is 0 Å². The maximum absolute atomic E-state index is 12.2. The molecule has 2 N–H and O–H groups in total. The van der Waals surface area contributed by atoms with E-state index in [0.717, 1.165) is 0 Å². The Kier molecular flexibility index (Phi) is 5.74. The highest BCUT2D eigenvalue weighted by molar-refractivity contribution is 6.00. The Morgan fingerprint density at radius 2 is 1.82 bits per heavy atom. The van der Waals surface area contributed by atoms with E-state index in [1.165, 1.54) is 6.92 Å². The van der Waals surface area contributed by atoms with Gasteiger partial charge in [-0.3, -0.25) is 4.79 Å². The first-order valence-electron chi connectivity index (χ1n) is 8.79. The van der Waals surface area contributed by atoms with Crippen LogP contribution in [0.3, 0.4) is 0 Å². The first-order valence-corrected chi connectivity index (χ1v) is 8.79. The van der Waals surface area contributed by atoms with Crippen molar-refractivity contribution in [2.24, 2.45) is 0 Å². The molecule has 0 aliphatic carbocycles. The molecule has 3 rings (SSSR count). The van der Waals surface area contributed by atoms with E-state index in [0.29, 0.717) is 28.0 Å². The van der Waals surface area contributed by atoms with Gasteiger partial charge in [-0.05, 0) is 37.3 Å². The fraction of sp³-hybridized carbons (Fsp3) is 0.190. The van der Waals surface area contributed by atoms with Gasteiger partial charge < -0.3 is 19.9 Å². The number of amides is 1. The zero-order valence-electron chi connectivity index (χ0n) is 15.6. The number of ether oxygens (including phenoxy) is 2. The lowest BCUT2D eigenvalue weighted by molar-refractivity contribution is -0.119. The molecular weight excluding hydrogens is 360 g/mol. The van der Waals surface area contributed by atoms with Gasteiger partial charge >= 0.3 is 5.97 Å². The van der Waals surface area contributed by atoms with Crippen molar-refractivity contribution in [3.05, 3.63) is 59.9 Å². The number of aromatic hydroxyl groups is 1. The molecule has 0 saturated carbocycles. The molecule has 0 fully saturated rings. The van der Waals surface area contributed by atoms with Gasteiger partial charge in [-0.25, -0.2) is 9.78 Å². The van der Waals surface area contributed by atoms with Crippen molar-refractivity contribution < 1.29 is 24.2 Å². The number of nitrogens with zero attached hydrogens (tertiary/aromatic N) is 1. The van der Waals surface area contributed by atoms with Gasteiger partial charge in [-0.1, -0.05) is 18.2 Å². The van der Waals surface area contributed by atoms with Crippen LogP contribution in [-0.4, -0.2) is 28.6 Å². The molecule has 0 unspecified atom stereocenters. The van der Waals surface area contributed by atoms with Crippen molar-refractivity contribution in [2.75, 3.05) is 6.61 Å². The fourth-order valence-electron chi connectivity index (χ4n) is 2.72. The number of benzene rings is 2. The molecule has 1 amide bonds. The number of hydrogen-bond donors (Lipinski definition) is 2. The Labute approximate surface area is 161 Å². The van der Waals surface area contributed by atoms with Crippen LogP contribution in [0, 0.1) is 0 Å². The van der Waals surface area contributed by atoms with Crippen molar-refractivity contribution in [3.8, 4) is 17.2 Å². The normalized spacial score (nSPS) is 10.5. The van der Waals surface area contributed by atoms with Crippen LogP contribution in [0.25, 0.3) is 10.8 Å². The zero-order chi connectivity index (χ0) is 20.1. The highest BCUT2D eigenvalue weighted by Crippen LogP contribution is 2.34. The first kappa shape index (κ1) is 19.2. The second-order valence-electron chi connectivity index (χ2n) is 6.01. The quantitative estimate of drug-likeness (QED) is 0.635. The van der Waals surface area contributed by atoms with Crippen molar-refractivity contribution >= 4 is 22.6 Å². The number of fused-ring (bicyclic) bond motifs is 1. The lowest BCUT2D eigenvalue weighted by atomic mass is 10.1. The van der Waals surface area contributed by atoms with Crippen LogP contribution in [0.2, 0.25) is 0 Å². The summed E-state index contributed by atoms with van der Waals surface area (Å²) in [5.74, 6) is -0.0438. The van der Waals surface area contributed by atoms with E-state index in [4.69, 9.17) is 9.47 Å². The standard InChI is InChI=1S/C21H20N2O5/c1-3-27-21(26)19-20(25)16-10-9-15(28-14-7-5-4-6-8-14)11-17(16)18(23-19)12-22-13(2)24/h4-11,25H,3,12H2,1-2H3,(H,22,24). The third kappa shape index (κ3) is 4.20. The molecule has 1 aromatic heterocycles. The lowest BCUT2D eigenvalue weighted by Gasteiger charge is -2.13. The summed E-state index contributed by atoms with van der Waals surface area (Å²) < 4.78 is 10.8. The minimum Gasteiger partial charge on any atom is -0.505 e. The van der Waals surface area contributed by atoms with Crippen LogP contribution in [0.5, 0.6) is 17.2 Å². The molecule has 0 aliphatic heterocycles. The molecular formula is C21H20N2O5. The van der Waals surface area contributed by atoms with Crippen molar-refractivity contribution in [1.82, 2.24) is 10.3 Å². The van der Waals surface area contributed by atoms with E-state index in [1.54, 1.807) is 25.1 Å². The maximum atomic E-state index is 12.2. The summed E-state index contributed by atoms with van der Waals surface area (Å²) in [6.07, 6.45) is 0. The Bertz CT molecular complexity index is 1020. The predicted octanol–water partition coefficient (Wildman–Crippen LogP) is 3.55. The molecule has 0 radical (unpaired) electrons. The summed E-state index contributed by atoms with van der Waals surface area (Å²) in [6, 6.07) is 14.3. The largest absolute Gasteiger partial charge is 0.505 e. The molecule has 144 valence electrons. The molecule has 2 aromatic carbocycles. The highest BCUT2D eigenvalue weighted by atomic mass is 16.5. The summed E-state index contributed by atoms with van der Waals surface area (Å²) in [5, 5.41) is 14.2. The molecule has 1 heterocycles. The van der Waals surface area contributed by atoms with Crippen LogP contribution in [0.4, 0.5) is 0 Å². The van der Waals surface area contributed by atoms with Gasteiger partial charge in [0.05, 0.1) is 18.8 Å². The molecule has 0 saturated heterocycles. The average Bonchev–Trinajstić information content (AvgIpc) is 2.68. The van der Waals surface area contributed by atoms with E-state index in [-0.39, 0.29) is 30.5 Å². The van der Waals surface area contributed by atoms with Gasteiger partial charge in [-0.2, -0.15) is 0 Å². The third-order valence-corrected chi connectivity index (χ3v) is 3.98. The van der Waals surface area contributed by atoms with E-state index < -0.39 is 5.97 Å². The summed E-state index contributed by atoms with van der Waals surface area (Å²) in [6.45, 7) is 3.30. The second kappa shape index (κ2) is 8.39. The second-order valence-corrected chi connectivity index (χ2v) is 6.01. The van der Waals surface area contributed by atoms with Crippen LogP contribution in [0.1, 0.15) is 30.0 Å². The van der Waals surface area contributed by atoms with E-state index in [2.05, 4.69) is 10.3 Å². The third-order valence-electron chi connectivity index (χ3n) is 3.98. The summed E-state index contributed by atoms with van der Waals surface area (Å²) in [7, 11) is 0. The zero-order valence-corrected chi connectivity index (χ0v) is 15.6. The SMILES string of the molecule is CCOC(=O)c1nc(CNC(C)=O)c2cc(Oc3ccccc3)ccc2c1O. The van der Waals surface area contributed by atoms with E-state index >= 15 is 0 Å². The van der Waals surface area contributed by atoms with Gasteiger partial charge in [0.25, 0.3) is 0 Å². The molecule has 28 heavy (non-hydrogen) atoms. The van der Waals surface area contributed by atoms with Gasteiger partial charge in [-0.15, -0.1) is 0 Å². The number of nitrogens with one attached hydrogen (secondary N) is 1. The van der Waals surface area contributed by atoms with E-state index in [9.17, 15) is 14.7 Å². The maximum Gasteiger partial charge on any atom is 0.360 e. The molecule has 7 nitrogen and oxygen atoms in total. The Morgan fingerprint density at radius 1 is 1.07 bits per heavy atom. The minimum absolute atomic E-state index is 0.0906. The van der Waals surface area contributed by atoms with Crippen molar-refractivity contribution in [1.29, 1.82) is 0 Å². The molecule has 3 aromatic rings. The number of esters is 1. The number of hydrogen-bond acceptors (Lipinski definition) is 6. The minimum atomic E-state index is -0.726. The number of carbonyl (C=O) groups is 2. The summed E-state index contributed by atoms with van der Waals surface area (Å²) in [4.78, 5) is 27.7. The Hall–Kier alpha value is -3.61. The van der Waals surface area contributed by atoms with Crippen LogP contribution in [0.15, 0.2) is 48.5 Å². The molecule has 0 aliphatic rings. The molecule has 0 spiro atoms. The topological polar surface area (TPSA) is 97.8 Å². The van der Waals surface area contributed by atoms with Crippen LogP contribution >= 0.6 is 0 Å². The summed E-state index contributed by atoms with van der Waals surface area (Å²) in [5.41, 5.74) is 0.232. The van der Waals surface area contributed by atoms with Gasteiger partial charge in [0, 0.05) is 17.7 Å². The molecule has 0 atom stereocenters. The van der Waals surface area contributed by atoms with Crippen molar-refractivity contribution in [2.45, 2.75) is 20.4 Å². The number of pyridine rings is 1. The Morgan fingerprint density at radius 3 is 2.50 bits per heavy atom. The number of para-hydroxylation sites is 1. The number of rotatable bonds is 6. The van der Waals surface area contributed by atoms with Gasteiger partial charge in [0.15, 0.2) is 11.4 Å². The average molecular weight is 380 g/mol. The monoisotopic (exact) mass is 380 g/mol. The van der Waals surface area contributed by atoms with Gasteiger partial charge in [0.2, 0.25) is 5.91 Å². The van der Waals surface area contributed by atoms with Crippen LogP contribution in [-0.2, 0) is 16.1 Å². The Balaban J connectivity index is 2.09. The predicted molar refractivity (Wildman–Crippen MR) is 103 cm³/mol.